The van der Waals surface area contributed by atoms with Gasteiger partial charge in [0.2, 0.25) is 5.91 Å². The molecule has 0 aliphatic carbocycles. The van der Waals surface area contributed by atoms with Crippen LogP contribution in [0, 0.1) is 0 Å². The van der Waals surface area contributed by atoms with E-state index in [-0.39, 0.29) is 36.8 Å². The Kier molecular flexibility index (Phi) is 5.45. The number of piperidine rings is 1. The van der Waals surface area contributed by atoms with Crippen LogP contribution in [0.1, 0.15) is 12.0 Å². The Morgan fingerprint density at radius 2 is 2.07 bits per heavy atom. The Labute approximate surface area is 167 Å². The molecule has 3 fully saturated rings. The highest BCUT2D eigenvalue weighted by molar-refractivity contribution is 6.35. The van der Waals surface area contributed by atoms with E-state index >= 15 is 0 Å². The fraction of sp³-hybridized carbons (Fsp3) is 0.556. The number of nitrogens with zero attached hydrogens (tertiary/aromatic N) is 2. The van der Waals surface area contributed by atoms with Crippen molar-refractivity contribution in [1.29, 1.82) is 0 Å². The third-order valence-corrected chi connectivity index (χ3v) is 5.79. The van der Waals surface area contributed by atoms with Gasteiger partial charge in [-0.1, -0.05) is 29.3 Å². The Morgan fingerprint density at radius 1 is 1.26 bits per heavy atom. The lowest BCUT2D eigenvalue weighted by molar-refractivity contribution is -0.140. The second kappa shape index (κ2) is 7.83. The minimum absolute atomic E-state index is 0.00310. The van der Waals surface area contributed by atoms with Crippen LogP contribution in [0.25, 0.3) is 0 Å². The van der Waals surface area contributed by atoms with Crippen LogP contribution in [-0.2, 0) is 20.9 Å². The number of likely N-dealkylation sites (tertiary alicyclic amines) is 2. The smallest absolute Gasteiger partial charge is 0.320 e. The Morgan fingerprint density at radius 3 is 2.85 bits per heavy atom. The van der Waals surface area contributed by atoms with Crippen LogP contribution in [-0.4, -0.2) is 72.8 Å². The highest BCUT2D eigenvalue weighted by atomic mass is 35.5. The van der Waals surface area contributed by atoms with E-state index in [0.29, 0.717) is 42.8 Å². The zero-order valence-corrected chi connectivity index (χ0v) is 16.2. The van der Waals surface area contributed by atoms with Gasteiger partial charge < -0.3 is 24.6 Å². The van der Waals surface area contributed by atoms with Gasteiger partial charge in [0, 0.05) is 23.1 Å². The summed E-state index contributed by atoms with van der Waals surface area (Å²) in [6.45, 7) is 2.72. The summed E-state index contributed by atoms with van der Waals surface area (Å²) >= 11 is 12.0. The standard InChI is InChI=1S/C18H21Cl2N3O4/c19-12-2-1-11(14(20)5-12)9-26-13-6-23(7-13)18(25)22-4-3-16-15(8-22)21-17(24)10-27-16/h1-2,5,13,15-16H,3-4,6-10H2,(H,21,24)/t15-,16+/m1/s1. The molecule has 3 amide bonds. The first kappa shape index (κ1) is 18.8. The maximum Gasteiger partial charge on any atom is 0.320 e. The molecule has 9 heteroatoms. The van der Waals surface area contributed by atoms with Crippen LogP contribution in [0.4, 0.5) is 4.79 Å². The number of carbonyl (C=O) groups excluding carboxylic acids is 2. The minimum Gasteiger partial charge on any atom is -0.370 e. The van der Waals surface area contributed by atoms with Crippen molar-refractivity contribution < 1.29 is 19.1 Å². The molecule has 0 unspecified atom stereocenters. The Bertz CT molecular complexity index is 741. The highest BCUT2D eigenvalue weighted by Crippen LogP contribution is 2.24. The van der Waals surface area contributed by atoms with Gasteiger partial charge >= 0.3 is 6.03 Å². The minimum atomic E-state index is -0.121. The van der Waals surface area contributed by atoms with Gasteiger partial charge in [-0.05, 0) is 24.1 Å². The number of halogens is 2. The zero-order valence-electron chi connectivity index (χ0n) is 14.7. The van der Waals surface area contributed by atoms with Crippen molar-refractivity contribution in [2.75, 3.05) is 32.8 Å². The molecular weight excluding hydrogens is 393 g/mol. The number of urea groups is 1. The number of nitrogens with one attached hydrogen (secondary N) is 1. The number of amides is 3. The number of ether oxygens (including phenoxy) is 2. The second-order valence-electron chi connectivity index (χ2n) is 7.11. The van der Waals surface area contributed by atoms with E-state index in [2.05, 4.69) is 5.32 Å². The average molecular weight is 414 g/mol. The van der Waals surface area contributed by atoms with E-state index in [0.717, 1.165) is 12.0 Å². The van der Waals surface area contributed by atoms with Crippen LogP contribution in [0.5, 0.6) is 0 Å². The molecule has 0 aromatic heterocycles. The van der Waals surface area contributed by atoms with Gasteiger partial charge in [-0.25, -0.2) is 4.79 Å². The maximum atomic E-state index is 12.7. The van der Waals surface area contributed by atoms with Gasteiger partial charge in [0.15, 0.2) is 0 Å². The number of hydrogen-bond donors (Lipinski definition) is 1. The molecule has 3 saturated heterocycles. The summed E-state index contributed by atoms with van der Waals surface area (Å²) in [5, 5.41) is 4.08. The number of fused-ring (bicyclic) bond motifs is 1. The molecule has 1 N–H and O–H groups in total. The topological polar surface area (TPSA) is 71.1 Å². The monoisotopic (exact) mass is 413 g/mol. The quantitative estimate of drug-likeness (QED) is 0.821. The predicted molar refractivity (Wildman–Crippen MR) is 99.9 cm³/mol. The fourth-order valence-corrected chi connectivity index (χ4v) is 4.08. The lowest BCUT2D eigenvalue weighted by atomic mass is 10.0. The molecule has 7 nitrogen and oxygen atoms in total. The third-order valence-electron chi connectivity index (χ3n) is 5.20. The summed E-state index contributed by atoms with van der Waals surface area (Å²) in [7, 11) is 0. The predicted octanol–water partition coefficient (Wildman–Crippen LogP) is 1.90. The first-order valence-corrected chi connectivity index (χ1v) is 9.75. The normalized spacial score (nSPS) is 25.6. The SMILES string of the molecule is O=C1CO[C@H]2CCN(C(=O)N3CC(OCc4ccc(Cl)cc4Cl)C3)C[C@H]2N1. The van der Waals surface area contributed by atoms with Crippen molar-refractivity contribution >= 4 is 35.1 Å². The lowest BCUT2D eigenvalue weighted by Gasteiger charge is -2.45. The van der Waals surface area contributed by atoms with Crippen LogP contribution in [0.2, 0.25) is 10.0 Å². The summed E-state index contributed by atoms with van der Waals surface area (Å²) in [6, 6.07) is 5.18. The Balaban J connectivity index is 1.23. The zero-order chi connectivity index (χ0) is 19.0. The van der Waals surface area contributed by atoms with Gasteiger partial charge in [0.05, 0.1) is 37.9 Å². The summed E-state index contributed by atoms with van der Waals surface area (Å²) in [5.41, 5.74) is 0.876. The molecule has 146 valence electrons. The number of hydrogen-bond acceptors (Lipinski definition) is 4. The molecule has 1 aromatic rings. The summed E-state index contributed by atoms with van der Waals surface area (Å²) < 4.78 is 11.4. The number of benzene rings is 1. The number of carbonyl (C=O) groups is 2. The van der Waals surface area contributed by atoms with Crippen molar-refractivity contribution in [2.45, 2.75) is 31.3 Å². The van der Waals surface area contributed by atoms with E-state index in [1.165, 1.54) is 0 Å². The molecule has 0 spiro atoms. The van der Waals surface area contributed by atoms with Crippen molar-refractivity contribution in [3.63, 3.8) is 0 Å². The summed E-state index contributed by atoms with van der Waals surface area (Å²) in [4.78, 5) is 27.7. The molecule has 0 bridgehead atoms. The molecule has 27 heavy (non-hydrogen) atoms. The fourth-order valence-electron chi connectivity index (χ4n) is 3.62. The molecular formula is C18H21Cl2N3O4. The van der Waals surface area contributed by atoms with Gasteiger partial charge in [0.1, 0.15) is 6.61 Å². The molecule has 3 aliphatic rings. The van der Waals surface area contributed by atoms with Crippen molar-refractivity contribution in [3.8, 4) is 0 Å². The maximum absolute atomic E-state index is 12.7. The van der Waals surface area contributed by atoms with E-state index in [9.17, 15) is 9.59 Å². The van der Waals surface area contributed by atoms with Crippen LogP contribution in [0.3, 0.4) is 0 Å². The van der Waals surface area contributed by atoms with Gasteiger partial charge in [0.25, 0.3) is 0 Å². The van der Waals surface area contributed by atoms with E-state index < -0.39 is 0 Å². The first-order chi connectivity index (χ1) is 13.0. The molecule has 0 radical (unpaired) electrons. The van der Waals surface area contributed by atoms with Crippen LogP contribution >= 0.6 is 23.2 Å². The van der Waals surface area contributed by atoms with Gasteiger partial charge in [-0.3, -0.25) is 4.79 Å². The lowest BCUT2D eigenvalue weighted by Crippen LogP contribution is -2.65. The van der Waals surface area contributed by atoms with Crippen LogP contribution in [0.15, 0.2) is 18.2 Å². The van der Waals surface area contributed by atoms with Crippen molar-refractivity contribution in [1.82, 2.24) is 15.1 Å². The second-order valence-corrected chi connectivity index (χ2v) is 7.96. The van der Waals surface area contributed by atoms with Crippen molar-refractivity contribution in [2.24, 2.45) is 0 Å². The molecule has 3 aliphatic heterocycles. The highest BCUT2D eigenvalue weighted by Gasteiger charge is 2.40. The van der Waals surface area contributed by atoms with E-state index in [1.807, 2.05) is 6.07 Å². The molecule has 2 atom stereocenters. The van der Waals surface area contributed by atoms with E-state index in [4.69, 9.17) is 32.7 Å². The molecule has 1 aromatic carbocycles. The largest absolute Gasteiger partial charge is 0.370 e. The summed E-state index contributed by atoms with van der Waals surface area (Å²) in [5.74, 6) is -0.121. The number of rotatable bonds is 3. The first-order valence-electron chi connectivity index (χ1n) is 9.00. The average Bonchev–Trinajstić information content (AvgIpc) is 2.61. The van der Waals surface area contributed by atoms with Gasteiger partial charge in [-0.2, -0.15) is 0 Å². The third kappa shape index (κ3) is 4.16. The number of morpholine rings is 1. The van der Waals surface area contributed by atoms with Crippen LogP contribution < -0.4 is 5.32 Å². The van der Waals surface area contributed by atoms with E-state index in [1.54, 1.807) is 21.9 Å². The Hall–Kier alpha value is -1.54. The van der Waals surface area contributed by atoms with Crippen molar-refractivity contribution in [3.05, 3.63) is 33.8 Å². The summed E-state index contributed by atoms with van der Waals surface area (Å²) in [6.07, 6.45) is 0.735. The van der Waals surface area contributed by atoms with Gasteiger partial charge in [-0.15, -0.1) is 0 Å². The molecule has 0 saturated carbocycles. The molecule has 3 heterocycles. The molecule has 4 rings (SSSR count).